The van der Waals surface area contributed by atoms with Crippen LogP contribution in [0.1, 0.15) is 0 Å². The minimum atomic E-state index is 0.978. The normalized spacial score (nSPS) is 11.2. The van der Waals surface area contributed by atoms with E-state index >= 15 is 0 Å². The molecule has 3 heteroatoms. The number of fused-ring (bicyclic) bond motifs is 3. The molecule has 0 amide bonds. The molecule has 0 N–H and O–H groups in total. The first-order valence-electron chi connectivity index (χ1n) is 6.44. The van der Waals surface area contributed by atoms with Crippen LogP contribution in [0.2, 0.25) is 0 Å². The van der Waals surface area contributed by atoms with E-state index in [9.17, 15) is 0 Å². The largest absolute Gasteiger partial charge is 0.300 e. The molecule has 4 rings (SSSR count). The number of hydrogen-bond acceptors (Lipinski definition) is 1. The Balaban J connectivity index is 1.94. The Labute approximate surface area is 124 Å². The van der Waals surface area contributed by atoms with Crippen molar-refractivity contribution in [2.24, 2.45) is 0 Å². The smallest absolute Gasteiger partial charge is 0.138 e. The van der Waals surface area contributed by atoms with Crippen LogP contribution >= 0.6 is 15.9 Å². The Morgan fingerprint density at radius 3 is 2.50 bits per heavy atom. The number of rotatable bonds is 1. The Kier molecular flexibility index (Phi) is 2.60. The van der Waals surface area contributed by atoms with Crippen LogP contribution in [-0.2, 0) is 0 Å². The third-order valence-corrected chi connectivity index (χ3v) is 4.02. The van der Waals surface area contributed by atoms with Crippen LogP contribution in [0.3, 0.4) is 0 Å². The number of para-hydroxylation sites is 2. The summed E-state index contributed by atoms with van der Waals surface area (Å²) >= 11 is 3.46. The molecule has 2 heterocycles. The van der Waals surface area contributed by atoms with E-state index in [1.54, 1.807) is 0 Å². The summed E-state index contributed by atoms with van der Waals surface area (Å²) in [4.78, 5) is 4.67. The van der Waals surface area contributed by atoms with Gasteiger partial charge in [-0.05, 0) is 47.5 Å². The molecule has 0 radical (unpaired) electrons. The summed E-state index contributed by atoms with van der Waals surface area (Å²) in [5.41, 5.74) is 5.53. The van der Waals surface area contributed by atoms with Crippen molar-refractivity contribution in [2.75, 3.05) is 0 Å². The van der Waals surface area contributed by atoms with E-state index in [0.29, 0.717) is 0 Å². The van der Waals surface area contributed by atoms with E-state index in [1.165, 1.54) is 11.1 Å². The van der Waals surface area contributed by atoms with Gasteiger partial charge in [-0.1, -0.05) is 40.2 Å². The highest BCUT2D eigenvalue weighted by Gasteiger charge is 2.05. The summed E-state index contributed by atoms with van der Waals surface area (Å²) in [5.74, 6) is 0. The molecule has 0 atom stereocenters. The van der Waals surface area contributed by atoms with Gasteiger partial charge in [-0.2, -0.15) is 0 Å². The van der Waals surface area contributed by atoms with Crippen molar-refractivity contribution in [3.05, 3.63) is 71.3 Å². The Morgan fingerprint density at radius 1 is 0.850 bits per heavy atom. The number of pyridine rings is 1. The standard InChI is InChI=1S/C17H11BrN2/c18-14-7-5-12(6-8-14)13-9-10-20-16-4-2-1-3-15(16)19-17(20)11-13/h1-11H. The lowest BCUT2D eigenvalue weighted by Crippen LogP contribution is -1.85. The SMILES string of the molecule is Brc1ccc(-c2ccn3c(c2)nc2ccccc23)cc1. The molecular weight excluding hydrogens is 312 g/mol. The zero-order valence-corrected chi connectivity index (χ0v) is 12.2. The number of nitrogens with zero attached hydrogens (tertiary/aromatic N) is 2. The van der Waals surface area contributed by atoms with Gasteiger partial charge >= 0.3 is 0 Å². The van der Waals surface area contributed by atoms with Crippen LogP contribution in [0.25, 0.3) is 27.8 Å². The average Bonchev–Trinajstić information content (AvgIpc) is 2.85. The maximum Gasteiger partial charge on any atom is 0.138 e. The summed E-state index contributed by atoms with van der Waals surface area (Å²) in [5, 5.41) is 0. The van der Waals surface area contributed by atoms with E-state index in [2.05, 4.69) is 74.0 Å². The van der Waals surface area contributed by atoms with Gasteiger partial charge in [0, 0.05) is 10.7 Å². The average molecular weight is 323 g/mol. The molecule has 0 aliphatic heterocycles. The molecule has 0 bridgehead atoms. The van der Waals surface area contributed by atoms with Crippen molar-refractivity contribution < 1.29 is 0 Å². The monoisotopic (exact) mass is 322 g/mol. The number of aromatic nitrogens is 2. The predicted molar refractivity (Wildman–Crippen MR) is 85.8 cm³/mol. The number of halogens is 1. The van der Waals surface area contributed by atoms with Gasteiger partial charge in [0.05, 0.1) is 11.0 Å². The van der Waals surface area contributed by atoms with Crippen LogP contribution in [0.4, 0.5) is 0 Å². The first kappa shape index (κ1) is 11.7. The number of hydrogen-bond donors (Lipinski definition) is 0. The summed E-state index contributed by atoms with van der Waals surface area (Å²) in [6, 6.07) is 20.8. The molecule has 0 saturated carbocycles. The van der Waals surface area contributed by atoms with Crippen LogP contribution in [0.15, 0.2) is 71.3 Å². The highest BCUT2D eigenvalue weighted by molar-refractivity contribution is 9.10. The second-order valence-electron chi connectivity index (χ2n) is 4.75. The fourth-order valence-electron chi connectivity index (χ4n) is 2.49. The van der Waals surface area contributed by atoms with Crippen LogP contribution in [0.5, 0.6) is 0 Å². The topological polar surface area (TPSA) is 17.3 Å². The van der Waals surface area contributed by atoms with E-state index in [4.69, 9.17) is 0 Å². The van der Waals surface area contributed by atoms with Crippen molar-refractivity contribution >= 4 is 32.6 Å². The summed E-state index contributed by atoms with van der Waals surface area (Å²) in [6.07, 6.45) is 2.09. The fourth-order valence-corrected chi connectivity index (χ4v) is 2.75. The molecule has 0 unspecified atom stereocenters. The van der Waals surface area contributed by atoms with Gasteiger partial charge in [-0.25, -0.2) is 4.98 Å². The lowest BCUT2D eigenvalue weighted by atomic mass is 10.1. The van der Waals surface area contributed by atoms with Crippen molar-refractivity contribution in [3.8, 4) is 11.1 Å². The zero-order chi connectivity index (χ0) is 13.5. The van der Waals surface area contributed by atoms with Crippen LogP contribution < -0.4 is 0 Å². The molecule has 0 aliphatic rings. The molecule has 20 heavy (non-hydrogen) atoms. The Bertz CT molecular complexity index is 907. The van der Waals surface area contributed by atoms with E-state index in [-0.39, 0.29) is 0 Å². The molecule has 2 nitrogen and oxygen atoms in total. The van der Waals surface area contributed by atoms with Crippen molar-refractivity contribution in [2.45, 2.75) is 0 Å². The maximum atomic E-state index is 4.67. The first-order chi connectivity index (χ1) is 9.81. The lowest BCUT2D eigenvalue weighted by Gasteiger charge is -2.03. The second-order valence-corrected chi connectivity index (χ2v) is 5.67. The van der Waals surface area contributed by atoms with Crippen molar-refractivity contribution in [1.82, 2.24) is 9.38 Å². The molecular formula is C17H11BrN2. The van der Waals surface area contributed by atoms with Gasteiger partial charge in [0.2, 0.25) is 0 Å². The van der Waals surface area contributed by atoms with Gasteiger partial charge in [0.25, 0.3) is 0 Å². The van der Waals surface area contributed by atoms with E-state index in [0.717, 1.165) is 21.2 Å². The minimum Gasteiger partial charge on any atom is -0.300 e. The minimum absolute atomic E-state index is 0.978. The molecule has 2 aromatic heterocycles. The fraction of sp³-hybridized carbons (Fsp3) is 0. The Morgan fingerprint density at radius 2 is 1.65 bits per heavy atom. The molecule has 96 valence electrons. The second kappa shape index (κ2) is 4.46. The lowest BCUT2D eigenvalue weighted by molar-refractivity contribution is 1.23. The van der Waals surface area contributed by atoms with Gasteiger partial charge in [-0.3, -0.25) is 4.40 Å². The summed E-state index contributed by atoms with van der Waals surface area (Å²) < 4.78 is 3.21. The van der Waals surface area contributed by atoms with Crippen molar-refractivity contribution in [3.63, 3.8) is 0 Å². The molecule has 4 aromatic rings. The third kappa shape index (κ3) is 1.82. The highest BCUT2D eigenvalue weighted by Crippen LogP contribution is 2.24. The summed E-state index contributed by atoms with van der Waals surface area (Å²) in [7, 11) is 0. The van der Waals surface area contributed by atoms with Crippen LogP contribution in [-0.4, -0.2) is 9.38 Å². The quantitative estimate of drug-likeness (QED) is 0.486. The maximum absolute atomic E-state index is 4.67. The zero-order valence-electron chi connectivity index (χ0n) is 10.6. The van der Waals surface area contributed by atoms with E-state index in [1.807, 2.05) is 18.2 Å². The molecule has 0 fully saturated rings. The highest BCUT2D eigenvalue weighted by atomic mass is 79.9. The third-order valence-electron chi connectivity index (χ3n) is 3.49. The molecule has 2 aromatic carbocycles. The number of benzene rings is 2. The van der Waals surface area contributed by atoms with Gasteiger partial charge in [0.1, 0.15) is 5.65 Å². The molecule has 0 saturated heterocycles. The van der Waals surface area contributed by atoms with Gasteiger partial charge < -0.3 is 0 Å². The van der Waals surface area contributed by atoms with E-state index < -0.39 is 0 Å². The van der Waals surface area contributed by atoms with Crippen molar-refractivity contribution in [1.29, 1.82) is 0 Å². The van der Waals surface area contributed by atoms with Gasteiger partial charge in [0.15, 0.2) is 0 Å². The molecule has 0 spiro atoms. The van der Waals surface area contributed by atoms with Crippen LogP contribution in [0, 0.1) is 0 Å². The molecule has 0 aliphatic carbocycles. The first-order valence-corrected chi connectivity index (χ1v) is 7.23. The predicted octanol–water partition coefficient (Wildman–Crippen LogP) is 4.92. The van der Waals surface area contributed by atoms with Gasteiger partial charge in [-0.15, -0.1) is 0 Å². The number of imidazole rings is 1. The Hall–Kier alpha value is -2.13. The summed E-state index contributed by atoms with van der Waals surface area (Å²) in [6.45, 7) is 0.